The van der Waals surface area contributed by atoms with E-state index in [0.29, 0.717) is 46.5 Å². The molecule has 0 saturated heterocycles. The van der Waals surface area contributed by atoms with Gasteiger partial charge in [-0.25, -0.2) is 29.9 Å². The molecular formula is C80H49N7O3. The summed E-state index contributed by atoms with van der Waals surface area (Å²) in [7, 11) is 0. The summed E-state index contributed by atoms with van der Waals surface area (Å²) in [6, 6.07) is 88.6. The lowest BCUT2D eigenvalue weighted by Crippen LogP contribution is -2.24. The van der Waals surface area contributed by atoms with E-state index in [9.17, 15) is 0 Å². The van der Waals surface area contributed by atoms with Crippen molar-refractivity contribution in [3.05, 3.63) is 284 Å². The lowest BCUT2D eigenvalue weighted by molar-refractivity contribution is 0.583. The largest absolute Gasteiger partial charge is 0.456 e. The van der Waals surface area contributed by atoms with E-state index >= 15 is 0 Å². The van der Waals surface area contributed by atoms with E-state index in [-0.39, 0.29) is 0 Å². The van der Waals surface area contributed by atoms with Crippen LogP contribution in [0.2, 0.25) is 0 Å². The van der Waals surface area contributed by atoms with Gasteiger partial charge in [-0.1, -0.05) is 189 Å². The van der Waals surface area contributed by atoms with E-state index in [1.165, 1.54) is 16.7 Å². The van der Waals surface area contributed by atoms with Crippen LogP contribution < -0.4 is 0 Å². The Labute approximate surface area is 515 Å². The number of pyridine rings is 1. The second-order valence-corrected chi connectivity index (χ2v) is 23.5. The van der Waals surface area contributed by atoms with Crippen LogP contribution in [0.25, 0.3) is 168 Å². The van der Waals surface area contributed by atoms with Gasteiger partial charge in [0.1, 0.15) is 22.3 Å². The highest BCUT2D eigenvalue weighted by molar-refractivity contribution is 6.11. The number of hydrogen-bond acceptors (Lipinski definition) is 10. The van der Waals surface area contributed by atoms with Gasteiger partial charge in [-0.2, -0.15) is 0 Å². The monoisotopic (exact) mass is 1160 g/mol. The highest BCUT2D eigenvalue weighted by Crippen LogP contribution is 2.54. The number of aromatic nitrogens is 7. The summed E-state index contributed by atoms with van der Waals surface area (Å²) in [4.78, 5) is 35.3. The fourth-order valence-corrected chi connectivity index (χ4v) is 13.5. The first-order chi connectivity index (χ1) is 44.4. The molecule has 1 atom stereocenters. The third-order valence-corrected chi connectivity index (χ3v) is 17.9. The van der Waals surface area contributed by atoms with Crippen molar-refractivity contribution in [1.29, 1.82) is 0 Å². The van der Waals surface area contributed by atoms with Crippen molar-refractivity contribution in [3.63, 3.8) is 0 Å². The van der Waals surface area contributed by atoms with Crippen LogP contribution in [0.1, 0.15) is 23.6 Å². The third kappa shape index (κ3) is 8.67. The molecule has 0 saturated carbocycles. The van der Waals surface area contributed by atoms with Gasteiger partial charge >= 0.3 is 0 Å². The second-order valence-electron chi connectivity index (χ2n) is 23.5. The maximum atomic E-state index is 6.50. The van der Waals surface area contributed by atoms with E-state index in [0.717, 1.165) is 127 Å². The fourth-order valence-electron chi connectivity index (χ4n) is 13.5. The molecule has 17 aromatic rings. The predicted octanol–water partition coefficient (Wildman–Crippen LogP) is 20.0. The molecule has 0 bridgehead atoms. The summed E-state index contributed by atoms with van der Waals surface area (Å²) in [5.41, 5.74) is 16.6. The third-order valence-electron chi connectivity index (χ3n) is 17.9. The minimum absolute atomic E-state index is 0.405. The highest BCUT2D eigenvalue weighted by Gasteiger charge is 2.41. The highest BCUT2D eigenvalue weighted by atomic mass is 16.3. The Kier molecular flexibility index (Phi) is 11.6. The van der Waals surface area contributed by atoms with Gasteiger partial charge < -0.3 is 13.3 Å². The molecule has 1 aliphatic rings. The zero-order valence-electron chi connectivity index (χ0n) is 48.5. The maximum absolute atomic E-state index is 6.50. The number of rotatable bonds is 10. The Morgan fingerprint density at radius 3 is 1.57 bits per heavy atom. The van der Waals surface area contributed by atoms with Crippen molar-refractivity contribution >= 4 is 65.4 Å². The Bertz CT molecular complexity index is 5680. The van der Waals surface area contributed by atoms with Crippen LogP contribution in [0, 0.1) is 0 Å². The van der Waals surface area contributed by atoms with Crippen molar-refractivity contribution in [2.24, 2.45) is 0 Å². The minimum atomic E-state index is -0.405. The molecule has 0 spiro atoms. The lowest BCUT2D eigenvalue weighted by atomic mass is 9.75. The summed E-state index contributed by atoms with van der Waals surface area (Å²) in [6.07, 6.45) is 4.40. The molecule has 422 valence electrons. The first-order valence-corrected chi connectivity index (χ1v) is 30.1. The normalized spacial score (nSPS) is 13.7. The van der Waals surface area contributed by atoms with E-state index in [1.807, 2.05) is 97.2 Å². The van der Waals surface area contributed by atoms with Crippen LogP contribution in [-0.2, 0) is 11.8 Å². The predicted molar refractivity (Wildman–Crippen MR) is 358 cm³/mol. The van der Waals surface area contributed by atoms with Gasteiger partial charge in [-0.3, -0.25) is 4.98 Å². The molecule has 18 rings (SSSR count). The molecule has 0 amide bonds. The molecule has 0 aliphatic heterocycles. The summed E-state index contributed by atoms with van der Waals surface area (Å²) >= 11 is 0. The Morgan fingerprint density at radius 2 is 0.833 bits per heavy atom. The molecule has 6 aromatic heterocycles. The maximum Gasteiger partial charge on any atom is 0.199 e. The van der Waals surface area contributed by atoms with E-state index in [1.54, 1.807) is 6.20 Å². The van der Waals surface area contributed by atoms with Crippen LogP contribution in [0.3, 0.4) is 0 Å². The molecule has 11 aromatic carbocycles. The molecule has 1 unspecified atom stereocenters. The zero-order chi connectivity index (χ0) is 59.4. The fraction of sp³-hybridized carbons (Fsp3) is 0.0375. The summed E-state index contributed by atoms with van der Waals surface area (Å²) in [5.74, 6) is 4.27. The van der Waals surface area contributed by atoms with E-state index in [4.69, 9.17) is 43.2 Å². The zero-order valence-corrected chi connectivity index (χ0v) is 48.5. The van der Waals surface area contributed by atoms with Crippen LogP contribution >= 0.6 is 0 Å². The van der Waals surface area contributed by atoms with Gasteiger partial charge in [0.15, 0.2) is 46.5 Å². The molecular weight excluding hydrogens is 1110 g/mol. The molecule has 0 N–H and O–H groups in total. The molecule has 0 fully saturated rings. The van der Waals surface area contributed by atoms with Gasteiger partial charge in [0.25, 0.3) is 0 Å². The van der Waals surface area contributed by atoms with E-state index < -0.39 is 5.41 Å². The van der Waals surface area contributed by atoms with Crippen molar-refractivity contribution in [3.8, 4) is 102 Å². The van der Waals surface area contributed by atoms with Crippen LogP contribution in [0.4, 0.5) is 0 Å². The van der Waals surface area contributed by atoms with Crippen LogP contribution in [0.5, 0.6) is 0 Å². The molecule has 6 heterocycles. The summed E-state index contributed by atoms with van der Waals surface area (Å²) in [5, 5.41) is 8.43. The minimum Gasteiger partial charge on any atom is -0.456 e. The van der Waals surface area contributed by atoms with Crippen LogP contribution in [0.15, 0.2) is 280 Å². The van der Waals surface area contributed by atoms with E-state index in [2.05, 4.69) is 176 Å². The molecule has 1 aliphatic carbocycles. The Hall–Kier alpha value is -12.0. The SMILES string of the molecule is CC1(Cc2cccc(-c3ccc4cc(-c5nc(-c6ccc(-c7cccnc7)cc6)nc(-c6cc7ccccc7o6)n5)ccc4c3)c2)c2ccccc2-c2c(-c3nc(-c4ccc5oc6cc7ccccc7cc6c5c4)nc(-c4cc5ccccc5o4)n3)cccc21. The molecule has 10 nitrogen and oxygen atoms in total. The van der Waals surface area contributed by atoms with Gasteiger partial charge in [0.05, 0.1) is 0 Å². The van der Waals surface area contributed by atoms with Crippen LogP contribution in [-0.4, -0.2) is 34.9 Å². The van der Waals surface area contributed by atoms with Gasteiger partial charge in [0, 0.05) is 61.6 Å². The van der Waals surface area contributed by atoms with Gasteiger partial charge in [0.2, 0.25) is 0 Å². The number of fused-ring (bicyclic) bond motifs is 10. The summed E-state index contributed by atoms with van der Waals surface area (Å²) in [6.45, 7) is 2.38. The number of furan rings is 3. The lowest BCUT2D eigenvalue weighted by Gasteiger charge is -2.28. The average Bonchev–Trinajstić information content (AvgIpc) is 1.58. The number of para-hydroxylation sites is 2. The molecule has 0 radical (unpaired) electrons. The van der Waals surface area contributed by atoms with Crippen molar-refractivity contribution < 1.29 is 13.3 Å². The number of nitrogens with zero attached hydrogens (tertiary/aromatic N) is 7. The van der Waals surface area contributed by atoms with Gasteiger partial charge in [-0.15, -0.1) is 0 Å². The number of hydrogen-bond donors (Lipinski definition) is 0. The van der Waals surface area contributed by atoms with Crippen molar-refractivity contribution in [1.82, 2.24) is 34.9 Å². The average molecular weight is 1160 g/mol. The standard InChI is InChI=1S/C80H49N7O3/c1-80(45-47-13-10-18-50(37-47)53-30-31-55-39-58(33-32-54(55)38-53)75-82-74(49-28-26-48(27-29-49)60-19-12-36-81-46-60)84-78(85-75)71-43-56-16-4-8-24-67(56)88-71)65-22-7-6-20-61(65)73-62(21-11-23-66(73)80)77-83-76(86-79(87-77)72-44-57-17-5-9-25-68(57)89-72)59-34-35-69-63(41-59)64-40-51-14-2-3-15-52(51)42-70(64)90-69/h2-44,46H,45H2,1H3. The Morgan fingerprint density at radius 1 is 0.311 bits per heavy atom. The number of benzene rings is 11. The molecule has 90 heavy (non-hydrogen) atoms. The summed E-state index contributed by atoms with van der Waals surface area (Å²) < 4.78 is 19.3. The molecule has 10 heteroatoms. The smallest absolute Gasteiger partial charge is 0.199 e. The van der Waals surface area contributed by atoms with Gasteiger partial charge in [-0.05, 0) is 151 Å². The van der Waals surface area contributed by atoms with Crippen molar-refractivity contribution in [2.45, 2.75) is 18.8 Å². The Balaban J connectivity index is 0.688. The first-order valence-electron chi connectivity index (χ1n) is 30.1. The quantitative estimate of drug-likeness (QED) is 0.130. The first kappa shape index (κ1) is 51.2. The second kappa shape index (κ2) is 20.3. The topological polar surface area (TPSA) is 130 Å². The van der Waals surface area contributed by atoms with Crippen molar-refractivity contribution in [2.75, 3.05) is 0 Å².